The summed E-state index contributed by atoms with van der Waals surface area (Å²) in [4.78, 5) is 13.3. The third kappa shape index (κ3) is 2.27. The molecule has 2 rings (SSSR count). The molecular formula is C15H21NO2. The van der Waals surface area contributed by atoms with Gasteiger partial charge >= 0.3 is 5.97 Å². The van der Waals surface area contributed by atoms with Crippen LogP contribution >= 0.6 is 0 Å². The molecule has 3 nitrogen and oxygen atoms in total. The molecule has 0 spiro atoms. The number of hydrogen-bond donors (Lipinski definition) is 1. The maximum atomic E-state index is 11.3. The van der Waals surface area contributed by atoms with Crippen LogP contribution in [0.25, 0.3) is 0 Å². The fraction of sp³-hybridized carbons (Fsp3) is 0.533. The van der Waals surface area contributed by atoms with Gasteiger partial charge in [-0.1, -0.05) is 24.3 Å². The molecule has 1 aliphatic rings. The molecule has 18 heavy (non-hydrogen) atoms. The Bertz CT molecular complexity index is 454. The van der Waals surface area contributed by atoms with E-state index in [4.69, 9.17) is 0 Å². The van der Waals surface area contributed by atoms with Gasteiger partial charge in [0.15, 0.2) is 0 Å². The smallest absolute Gasteiger partial charge is 0.323 e. The molecule has 1 aromatic carbocycles. The van der Waals surface area contributed by atoms with Gasteiger partial charge in [-0.2, -0.15) is 0 Å². The Kier molecular flexibility index (Phi) is 3.44. The second-order valence-electron chi connectivity index (χ2n) is 5.64. The standard InChI is InChI=1S/C15H21NO2/c1-15(2,14(17)18)16(3)13-9-8-11-6-4-5-7-12(11)10-13/h4-7,13H,8-10H2,1-3H3,(H,17,18). The zero-order valence-corrected chi connectivity index (χ0v) is 11.3. The summed E-state index contributed by atoms with van der Waals surface area (Å²) in [6.07, 6.45) is 3.02. The Labute approximate surface area is 108 Å². The van der Waals surface area contributed by atoms with Crippen LogP contribution in [0.2, 0.25) is 0 Å². The summed E-state index contributed by atoms with van der Waals surface area (Å²) in [7, 11) is 1.92. The summed E-state index contributed by atoms with van der Waals surface area (Å²) < 4.78 is 0. The third-order valence-electron chi connectivity index (χ3n) is 4.27. The summed E-state index contributed by atoms with van der Waals surface area (Å²) in [6, 6.07) is 8.77. The lowest BCUT2D eigenvalue weighted by Gasteiger charge is -2.40. The number of carboxylic acid groups (broad SMARTS) is 1. The van der Waals surface area contributed by atoms with Crippen LogP contribution in [-0.4, -0.2) is 34.6 Å². The number of aliphatic carboxylic acids is 1. The van der Waals surface area contributed by atoms with Crippen molar-refractivity contribution in [3.05, 3.63) is 35.4 Å². The molecule has 0 aliphatic heterocycles. The Morgan fingerprint density at radius 1 is 1.33 bits per heavy atom. The molecule has 98 valence electrons. The van der Waals surface area contributed by atoms with Gasteiger partial charge in [0.1, 0.15) is 5.54 Å². The number of likely N-dealkylation sites (N-methyl/N-ethyl adjacent to an activating group) is 1. The number of hydrogen-bond acceptors (Lipinski definition) is 2. The molecule has 1 atom stereocenters. The van der Waals surface area contributed by atoms with Gasteiger partial charge in [0, 0.05) is 6.04 Å². The topological polar surface area (TPSA) is 40.5 Å². The lowest BCUT2D eigenvalue weighted by Crippen LogP contribution is -2.54. The number of benzene rings is 1. The summed E-state index contributed by atoms with van der Waals surface area (Å²) >= 11 is 0. The van der Waals surface area contributed by atoms with E-state index in [1.54, 1.807) is 13.8 Å². The van der Waals surface area contributed by atoms with Gasteiger partial charge in [-0.3, -0.25) is 9.69 Å². The normalized spacial score (nSPS) is 19.7. The zero-order chi connectivity index (χ0) is 13.3. The van der Waals surface area contributed by atoms with Crippen LogP contribution in [0.1, 0.15) is 31.4 Å². The number of aryl methyl sites for hydroxylation is 1. The lowest BCUT2D eigenvalue weighted by atomic mass is 9.86. The predicted octanol–water partition coefficient (Wildman–Crippen LogP) is 2.34. The molecule has 0 fully saturated rings. The molecular weight excluding hydrogens is 226 g/mol. The van der Waals surface area contributed by atoms with E-state index in [1.807, 2.05) is 11.9 Å². The van der Waals surface area contributed by atoms with Gasteiger partial charge in [0.2, 0.25) is 0 Å². The first kappa shape index (κ1) is 13.1. The first-order valence-corrected chi connectivity index (χ1v) is 6.46. The van der Waals surface area contributed by atoms with Crippen molar-refractivity contribution in [1.29, 1.82) is 0 Å². The van der Waals surface area contributed by atoms with Crippen LogP contribution in [0.4, 0.5) is 0 Å². The van der Waals surface area contributed by atoms with Crippen LogP contribution in [0, 0.1) is 0 Å². The van der Waals surface area contributed by atoms with Crippen molar-refractivity contribution in [2.24, 2.45) is 0 Å². The lowest BCUT2D eigenvalue weighted by molar-refractivity contribution is -0.150. The van der Waals surface area contributed by atoms with Gasteiger partial charge in [-0.05, 0) is 51.3 Å². The van der Waals surface area contributed by atoms with Crippen molar-refractivity contribution < 1.29 is 9.90 Å². The molecule has 3 heteroatoms. The molecule has 0 heterocycles. The maximum absolute atomic E-state index is 11.3. The van der Waals surface area contributed by atoms with Gasteiger partial charge in [-0.25, -0.2) is 0 Å². The minimum Gasteiger partial charge on any atom is -0.480 e. The minimum absolute atomic E-state index is 0.311. The molecule has 0 saturated heterocycles. The van der Waals surface area contributed by atoms with Crippen molar-refractivity contribution in [2.45, 2.75) is 44.7 Å². The van der Waals surface area contributed by atoms with E-state index >= 15 is 0 Å². The molecule has 0 saturated carbocycles. The van der Waals surface area contributed by atoms with E-state index < -0.39 is 11.5 Å². The van der Waals surface area contributed by atoms with Gasteiger partial charge in [-0.15, -0.1) is 0 Å². The highest BCUT2D eigenvalue weighted by Gasteiger charge is 2.37. The highest BCUT2D eigenvalue weighted by Crippen LogP contribution is 2.27. The fourth-order valence-corrected chi connectivity index (χ4v) is 2.62. The van der Waals surface area contributed by atoms with Crippen molar-refractivity contribution in [3.8, 4) is 0 Å². The summed E-state index contributed by atoms with van der Waals surface area (Å²) in [5, 5.41) is 9.30. The maximum Gasteiger partial charge on any atom is 0.323 e. The van der Waals surface area contributed by atoms with Crippen molar-refractivity contribution in [2.75, 3.05) is 7.05 Å². The summed E-state index contributed by atoms with van der Waals surface area (Å²) in [5.74, 6) is -0.760. The number of carboxylic acids is 1. The SMILES string of the molecule is CN(C1CCc2ccccc2C1)C(C)(C)C(=O)O. The Morgan fingerprint density at radius 3 is 2.56 bits per heavy atom. The van der Waals surface area contributed by atoms with Gasteiger partial charge < -0.3 is 5.11 Å². The Hall–Kier alpha value is -1.35. The van der Waals surface area contributed by atoms with Crippen LogP contribution in [0.3, 0.4) is 0 Å². The van der Waals surface area contributed by atoms with E-state index in [0.717, 1.165) is 19.3 Å². The van der Waals surface area contributed by atoms with Crippen LogP contribution < -0.4 is 0 Å². The molecule has 0 bridgehead atoms. The largest absolute Gasteiger partial charge is 0.480 e. The number of rotatable bonds is 3. The minimum atomic E-state index is -0.809. The first-order chi connectivity index (χ1) is 8.43. The van der Waals surface area contributed by atoms with Crippen LogP contribution in [-0.2, 0) is 17.6 Å². The van der Waals surface area contributed by atoms with E-state index in [0.29, 0.717) is 6.04 Å². The van der Waals surface area contributed by atoms with Crippen LogP contribution in [0.5, 0.6) is 0 Å². The van der Waals surface area contributed by atoms with Crippen molar-refractivity contribution in [3.63, 3.8) is 0 Å². The zero-order valence-electron chi connectivity index (χ0n) is 11.3. The van der Waals surface area contributed by atoms with E-state index in [9.17, 15) is 9.90 Å². The number of carbonyl (C=O) groups is 1. The average Bonchev–Trinajstić information content (AvgIpc) is 2.37. The van der Waals surface area contributed by atoms with Crippen LogP contribution in [0.15, 0.2) is 24.3 Å². The molecule has 1 N–H and O–H groups in total. The van der Waals surface area contributed by atoms with E-state index in [-0.39, 0.29) is 0 Å². The summed E-state index contributed by atoms with van der Waals surface area (Å²) in [6.45, 7) is 3.55. The second-order valence-corrected chi connectivity index (χ2v) is 5.64. The van der Waals surface area contributed by atoms with Gasteiger partial charge in [0.05, 0.1) is 0 Å². The van der Waals surface area contributed by atoms with E-state index in [2.05, 4.69) is 24.3 Å². The second kappa shape index (κ2) is 4.73. The van der Waals surface area contributed by atoms with Crippen molar-refractivity contribution in [1.82, 2.24) is 4.90 Å². The number of fused-ring (bicyclic) bond motifs is 1. The van der Waals surface area contributed by atoms with Gasteiger partial charge in [0.25, 0.3) is 0 Å². The third-order valence-corrected chi connectivity index (χ3v) is 4.27. The molecule has 1 aromatic rings. The molecule has 0 amide bonds. The number of nitrogens with zero attached hydrogens (tertiary/aromatic N) is 1. The average molecular weight is 247 g/mol. The highest BCUT2D eigenvalue weighted by molar-refractivity contribution is 5.77. The fourth-order valence-electron chi connectivity index (χ4n) is 2.62. The van der Waals surface area contributed by atoms with Crippen molar-refractivity contribution >= 4 is 5.97 Å². The van der Waals surface area contributed by atoms with E-state index in [1.165, 1.54) is 11.1 Å². The Balaban J connectivity index is 2.16. The summed E-state index contributed by atoms with van der Waals surface area (Å²) in [5.41, 5.74) is 1.97. The quantitative estimate of drug-likeness (QED) is 0.891. The molecule has 0 radical (unpaired) electrons. The molecule has 0 aromatic heterocycles. The monoisotopic (exact) mass is 247 g/mol. The molecule has 1 unspecified atom stereocenters. The molecule has 1 aliphatic carbocycles. The highest BCUT2D eigenvalue weighted by atomic mass is 16.4. The predicted molar refractivity (Wildman–Crippen MR) is 71.7 cm³/mol. The first-order valence-electron chi connectivity index (χ1n) is 6.46. The Morgan fingerprint density at radius 2 is 1.94 bits per heavy atom.